The molecule has 2 heterocycles. The Hall–Kier alpha value is -0.940. The highest BCUT2D eigenvalue weighted by Gasteiger charge is 2.45. The monoisotopic (exact) mass is 252 g/mol. The lowest BCUT2D eigenvalue weighted by Gasteiger charge is -2.06. The molecule has 1 saturated heterocycles. The van der Waals surface area contributed by atoms with Gasteiger partial charge in [0.2, 0.25) is 0 Å². The third-order valence-electron chi connectivity index (χ3n) is 3.77. The van der Waals surface area contributed by atoms with Crippen LogP contribution >= 0.6 is 11.3 Å². The minimum absolute atomic E-state index is 0.177. The average molecular weight is 252 g/mol. The molecule has 2 fully saturated rings. The van der Waals surface area contributed by atoms with Crippen LogP contribution in [0.3, 0.4) is 0 Å². The Morgan fingerprint density at radius 1 is 1.65 bits per heavy atom. The summed E-state index contributed by atoms with van der Waals surface area (Å²) in [5.74, 6) is -0.126. The molecule has 0 amide bonds. The number of likely N-dealkylation sites (tertiary alicyclic amines) is 1. The molecule has 0 aromatic carbocycles. The Morgan fingerprint density at radius 3 is 3.06 bits per heavy atom. The van der Waals surface area contributed by atoms with Gasteiger partial charge in [-0.25, -0.2) is 4.98 Å². The Morgan fingerprint density at radius 2 is 2.47 bits per heavy atom. The molecule has 1 saturated carbocycles. The number of aliphatic carboxylic acids is 1. The van der Waals surface area contributed by atoms with Crippen molar-refractivity contribution in [1.82, 2.24) is 9.88 Å². The number of hydrogen-bond donors (Lipinski definition) is 1. The number of rotatable bonds is 3. The summed E-state index contributed by atoms with van der Waals surface area (Å²) in [5.41, 5.74) is 1.01. The fourth-order valence-electron chi connectivity index (χ4n) is 2.59. The van der Waals surface area contributed by atoms with E-state index < -0.39 is 5.97 Å². The third-order valence-corrected chi connectivity index (χ3v) is 4.79. The second kappa shape index (κ2) is 4.07. The standard InChI is InChI=1S/C12H16N2O2S/c1-14-3-2-7(5-14)11-13-10(6-17-11)8-4-9(8)12(15)16/h6-9H,2-5H2,1H3,(H,15,16). The van der Waals surface area contributed by atoms with Gasteiger partial charge in [-0.1, -0.05) is 0 Å². The fourth-order valence-corrected chi connectivity index (χ4v) is 3.60. The van der Waals surface area contributed by atoms with Crippen molar-refractivity contribution in [3.05, 3.63) is 16.1 Å². The van der Waals surface area contributed by atoms with Gasteiger partial charge in [0.05, 0.1) is 16.6 Å². The molecule has 2 aliphatic rings. The van der Waals surface area contributed by atoms with Gasteiger partial charge in [0.1, 0.15) is 0 Å². The lowest BCUT2D eigenvalue weighted by atomic mass is 10.1. The van der Waals surface area contributed by atoms with Crippen LogP contribution in [0.15, 0.2) is 5.38 Å². The van der Waals surface area contributed by atoms with E-state index >= 15 is 0 Å². The van der Waals surface area contributed by atoms with E-state index in [1.807, 2.05) is 0 Å². The highest BCUT2D eigenvalue weighted by molar-refractivity contribution is 7.09. The van der Waals surface area contributed by atoms with Gasteiger partial charge in [-0.15, -0.1) is 11.3 Å². The van der Waals surface area contributed by atoms with E-state index in [0.29, 0.717) is 5.92 Å². The molecule has 1 aromatic rings. The first-order valence-electron chi connectivity index (χ1n) is 6.02. The molecule has 0 bridgehead atoms. The number of thiazole rings is 1. The molecule has 3 unspecified atom stereocenters. The van der Waals surface area contributed by atoms with E-state index in [1.54, 1.807) is 11.3 Å². The summed E-state index contributed by atoms with van der Waals surface area (Å²) in [5, 5.41) is 12.2. The molecule has 1 aliphatic carbocycles. The SMILES string of the molecule is CN1CCC(c2nc(C3CC3C(=O)O)cs2)C1. The largest absolute Gasteiger partial charge is 0.481 e. The van der Waals surface area contributed by atoms with Crippen molar-refractivity contribution in [2.75, 3.05) is 20.1 Å². The molecule has 1 N–H and O–H groups in total. The summed E-state index contributed by atoms with van der Waals surface area (Å²) in [6, 6.07) is 0. The summed E-state index contributed by atoms with van der Waals surface area (Å²) >= 11 is 1.70. The molecule has 5 heteroatoms. The molecule has 4 nitrogen and oxygen atoms in total. The topological polar surface area (TPSA) is 53.4 Å². The summed E-state index contributed by atoms with van der Waals surface area (Å²) in [6.07, 6.45) is 1.94. The Kier molecular flexibility index (Phi) is 2.67. The van der Waals surface area contributed by atoms with Gasteiger partial charge in [0.15, 0.2) is 0 Å². The fraction of sp³-hybridized carbons (Fsp3) is 0.667. The summed E-state index contributed by atoms with van der Waals surface area (Å²) in [4.78, 5) is 17.8. The van der Waals surface area contributed by atoms with Crippen LogP contribution in [0.5, 0.6) is 0 Å². The maximum Gasteiger partial charge on any atom is 0.307 e. The zero-order valence-corrected chi connectivity index (χ0v) is 10.6. The number of carboxylic acids is 1. The van der Waals surface area contributed by atoms with Gasteiger partial charge < -0.3 is 10.0 Å². The normalized spacial score (nSPS) is 32.9. The van der Waals surface area contributed by atoms with E-state index in [4.69, 9.17) is 5.11 Å². The lowest BCUT2D eigenvalue weighted by Crippen LogP contribution is -2.13. The van der Waals surface area contributed by atoms with Crippen LogP contribution in [-0.2, 0) is 4.79 Å². The highest BCUT2D eigenvalue weighted by atomic mass is 32.1. The minimum atomic E-state index is -0.676. The highest BCUT2D eigenvalue weighted by Crippen LogP contribution is 2.48. The van der Waals surface area contributed by atoms with Gasteiger partial charge in [-0.2, -0.15) is 0 Å². The van der Waals surface area contributed by atoms with Gasteiger partial charge in [-0.05, 0) is 26.4 Å². The first-order chi connectivity index (χ1) is 8.15. The van der Waals surface area contributed by atoms with Crippen molar-refractivity contribution < 1.29 is 9.90 Å². The number of likely N-dealkylation sites (N-methyl/N-ethyl adjacent to an activating group) is 1. The van der Waals surface area contributed by atoms with Crippen LogP contribution in [-0.4, -0.2) is 41.1 Å². The van der Waals surface area contributed by atoms with Crippen molar-refractivity contribution in [3.8, 4) is 0 Å². The molecule has 3 atom stereocenters. The van der Waals surface area contributed by atoms with Gasteiger partial charge in [-0.3, -0.25) is 4.79 Å². The Bertz CT molecular complexity index is 445. The molecule has 92 valence electrons. The van der Waals surface area contributed by atoms with Crippen LogP contribution in [0.2, 0.25) is 0 Å². The maximum atomic E-state index is 10.8. The molecular formula is C12H16N2O2S. The second-order valence-electron chi connectivity index (χ2n) is 5.15. The van der Waals surface area contributed by atoms with Gasteiger partial charge in [0, 0.05) is 23.8 Å². The van der Waals surface area contributed by atoms with Crippen LogP contribution in [0.4, 0.5) is 0 Å². The van der Waals surface area contributed by atoms with Crippen LogP contribution < -0.4 is 0 Å². The second-order valence-corrected chi connectivity index (χ2v) is 6.04. The number of carbonyl (C=O) groups is 1. The van der Waals surface area contributed by atoms with Crippen LogP contribution in [0.1, 0.15) is 35.4 Å². The summed E-state index contributed by atoms with van der Waals surface area (Å²) < 4.78 is 0. The van der Waals surface area contributed by atoms with E-state index in [2.05, 4.69) is 22.3 Å². The van der Waals surface area contributed by atoms with Crippen molar-refractivity contribution in [2.45, 2.75) is 24.7 Å². The molecule has 17 heavy (non-hydrogen) atoms. The Labute approximate surface area is 104 Å². The Balaban J connectivity index is 1.69. The van der Waals surface area contributed by atoms with Crippen molar-refractivity contribution >= 4 is 17.3 Å². The summed E-state index contributed by atoms with van der Waals surface area (Å²) in [7, 11) is 2.13. The lowest BCUT2D eigenvalue weighted by molar-refractivity contribution is -0.138. The van der Waals surface area contributed by atoms with E-state index in [0.717, 1.165) is 25.2 Å². The van der Waals surface area contributed by atoms with Crippen LogP contribution in [0.25, 0.3) is 0 Å². The maximum absolute atomic E-state index is 10.8. The van der Waals surface area contributed by atoms with Gasteiger partial charge in [0.25, 0.3) is 0 Å². The van der Waals surface area contributed by atoms with Crippen molar-refractivity contribution in [2.24, 2.45) is 5.92 Å². The van der Waals surface area contributed by atoms with E-state index in [9.17, 15) is 4.79 Å². The average Bonchev–Trinajstić information content (AvgIpc) is 2.74. The molecule has 3 rings (SSSR count). The molecular weight excluding hydrogens is 236 g/mol. The minimum Gasteiger partial charge on any atom is -0.481 e. The zero-order chi connectivity index (χ0) is 12.0. The number of nitrogens with zero attached hydrogens (tertiary/aromatic N) is 2. The molecule has 1 aromatic heterocycles. The third kappa shape index (κ3) is 2.09. The smallest absolute Gasteiger partial charge is 0.307 e. The quantitative estimate of drug-likeness (QED) is 0.890. The van der Waals surface area contributed by atoms with Gasteiger partial charge >= 0.3 is 5.97 Å². The molecule has 0 radical (unpaired) electrons. The van der Waals surface area contributed by atoms with Crippen LogP contribution in [0, 0.1) is 5.92 Å². The molecule has 1 aliphatic heterocycles. The zero-order valence-electron chi connectivity index (χ0n) is 9.80. The van der Waals surface area contributed by atoms with Crippen molar-refractivity contribution in [3.63, 3.8) is 0 Å². The number of aromatic nitrogens is 1. The number of hydrogen-bond acceptors (Lipinski definition) is 4. The first kappa shape index (κ1) is 11.2. The predicted molar refractivity (Wildman–Crippen MR) is 65.5 cm³/mol. The number of carboxylic acid groups (broad SMARTS) is 1. The summed E-state index contributed by atoms with van der Waals surface area (Å²) in [6.45, 7) is 2.22. The van der Waals surface area contributed by atoms with Crippen molar-refractivity contribution in [1.29, 1.82) is 0 Å². The molecule has 0 spiro atoms. The predicted octanol–water partition coefficient (Wildman–Crippen LogP) is 1.75. The van der Waals surface area contributed by atoms with E-state index in [1.165, 1.54) is 11.4 Å². The first-order valence-corrected chi connectivity index (χ1v) is 6.90. The van der Waals surface area contributed by atoms with E-state index in [-0.39, 0.29) is 11.8 Å².